The first kappa shape index (κ1) is 21.2. The van der Waals surface area contributed by atoms with Crippen LogP contribution in [0, 0.1) is 5.82 Å². The maximum Gasteiger partial charge on any atom is 0.416 e. The zero-order chi connectivity index (χ0) is 22.1. The standard InChI is InChI=1S/C21H17F4N3O2/c1-20(2,19(30)26-16-5-3-4-14(12-16)21(23,24)25)28-18(29)11-10-17(27-28)13-6-8-15(22)9-7-13/h3-12H,1-2H3,(H,26,30). The molecule has 0 fully saturated rings. The van der Waals surface area contributed by atoms with E-state index in [0.717, 1.165) is 16.8 Å². The number of alkyl halides is 3. The SMILES string of the molecule is CC(C)(C(=O)Nc1cccc(C(F)(F)F)c1)n1nc(-c2ccc(F)cc2)ccc1=O. The van der Waals surface area contributed by atoms with Gasteiger partial charge in [-0.2, -0.15) is 18.3 Å². The van der Waals surface area contributed by atoms with E-state index in [1.807, 2.05) is 0 Å². The third kappa shape index (κ3) is 4.40. The highest BCUT2D eigenvalue weighted by atomic mass is 19.4. The van der Waals surface area contributed by atoms with Gasteiger partial charge in [-0.15, -0.1) is 0 Å². The molecule has 0 aliphatic carbocycles. The fraction of sp³-hybridized carbons (Fsp3) is 0.190. The van der Waals surface area contributed by atoms with Gasteiger partial charge in [0.15, 0.2) is 0 Å². The van der Waals surface area contributed by atoms with Crippen LogP contribution in [0.15, 0.2) is 65.5 Å². The third-order valence-electron chi connectivity index (χ3n) is 4.47. The van der Waals surface area contributed by atoms with Gasteiger partial charge in [-0.05, 0) is 62.4 Å². The Morgan fingerprint density at radius 2 is 1.67 bits per heavy atom. The molecule has 1 heterocycles. The number of nitrogens with one attached hydrogen (secondary N) is 1. The molecule has 156 valence electrons. The number of hydrogen-bond acceptors (Lipinski definition) is 3. The van der Waals surface area contributed by atoms with E-state index in [1.54, 1.807) is 0 Å². The minimum atomic E-state index is -4.56. The summed E-state index contributed by atoms with van der Waals surface area (Å²) in [4.78, 5) is 25.2. The summed E-state index contributed by atoms with van der Waals surface area (Å²) in [7, 11) is 0. The summed E-state index contributed by atoms with van der Waals surface area (Å²) >= 11 is 0. The number of anilines is 1. The zero-order valence-corrected chi connectivity index (χ0v) is 16.0. The van der Waals surface area contributed by atoms with Gasteiger partial charge in [-0.1, -0.05) is 6.07 Å². The summed E-state index contributed by atoms with van der Waals surface area (Å²) in [5.41, 5.74) is -2.22. The predicted octanol–water partition coefficient (Wildman–Crippen LogP) is 4.44. The van der Waals surface area contributed by atoms with Gasteiger partial charge in [0.1, 0.15) is 11.4 Å². The van der Waals surface area contributed by atoms with Crippen molar-refractivity contribution in [1.29, 1.82) is 0 Å². The van der Waals surface area contributed by atoms with E-state index in [0.29, 0.717) is 11.3 Å². The van der Waals surface area contributed by atoms with E-state index in [9.17, 15) is 27.2 Å². The molecule has 0 saturated carbocycles. The van der Waals surface area contributed by atoms with Crippen molar-refractivity contribution >= 4 is 11.6 Å². The van der Waals surface area contributed by atoms with Crippen LogP contribution in [-0.4, -0.2) is 15.7 Å². The monoisotopic (exact) mass is 419 g/mol. The molecule has 30 heavy (non-hydrogen) atoms. The molecule has 3 aromatic rings. The van der Waals surface area contributed by atoms with Crippen molar-refractivity contribution in [3.05, 3.63) is 82.4 Å². The summed E-state index contributed by atoms with van der Waals surface area (Å²) in [6.07, 6.45) is -4.56. The summed E-state index contributed by atoms with van der Waals surface area (Å²) in [6.45, 7) is 2.83. The average Bonchev–Trinajstić information content (AvgIpc) is 2.68. The van der Waals surface area contributed by atoms with Gasteiger partial charge in [0.05, 0.1) is 11.3 Å². The van der Waals surface area contributed by atoms with Crippen molar-refractivity contribution in [2.45, 2.75) is 25.6 Å². The Hall–Kier alpha value is -3.49. The molecule has 0 bridgehead atoms. The van der Waals surface area contributed by atoms with Crippen LogP contribution in [0.25, 0.3) is 11.3 Å². The highest BCUT2D eigenvalue weighted by Crippen LogP contribution is 2.31. The van der Waals surface area contributed by atoms with Crippen molar-refractivity contribution in [3.63, 3.8) is 0 Å². The topological polar surface area (TPSA) is 64.0 Å². The Balaban J connectivity index is 1.93. The first-order chi connectivity index (χ1) is 14.0. The lowest BCUT2D eigenvalue weighted by atomic mass is 10.0. The molecule has 1 aromatic heterocycles. The molecular formula is C21H17F4N3O2. The Morgan fingerprint density at radius 3 is 2.30 bits per heavy atom. The Labute approximate surface area is 169 Å². The van der Waals surface area contributed by atoms with Crippen LogP contribution in [0.1, 0.15) is 19.4 Å². The molecule has 0 aliphatic rings. The van der Waals surface area contributed by atoms with Crippen LogP contribution >= 0.6 is 0 Å². The molecule has 0 spiro atoms. The largest absolute Gasteiger partial charge is 0.416 e. The first-order valence-electron chi connectivity index (χ1n) is 8.84. The van der Waals surface area contributed by atoms with Crippen LogP contribution in [0.2, 0.25) is 0 Å². The predicted molar refractivity (Wildman–Crippen MR) is 103 cm³/mol. The fourth-order valence-corrected chi connectivity index (χ4v) is 2.74. The molecule has 9 heteroatoms. The molecular weight excluding hydrogens is 402 g/mol. The van der Waals surface area contributed by atoms with Crippen molar-refractivity contribution in [2.75, 3.05) is 5.32 Å². The zero-order valence-electron chi connectivity index (χ0n) is 16.0. The molecule has 1 amide bonds. The summed E-state index contributed by atoms with van der Waals surface area (Å²) in [5, 5.41) is 6.60. The van der Waals surface area contributed by atoms with Crippen molar-refractivity contribution < 1.29 is 22.4 Å². The maximum absolute atomic E-state index is 13.2. The summed E-state index contributed by atoms with van der Waals surface area (Å²) < 4.78 is 52.8. The lowest BCUT2D eigenvalue weighted by Crippen LogP contribution is -2.47. The molecule has 0 saturated heterocycles. The van der Waals surface area contributed by atoms with Crippen LogP contribution in [0.4, 0.5) is 23.2 Å². The number of halogens is 4. The van der Waals surface area contributed by atoms with Gasteiger partial charge in [-0.3, -0.25) is 9.59 Å². The third-order valence-corrected chi connectivity index (χ3v) is 4.47. The Kier molecular flexibility index (Phi) is 5.47. The number of benzene rings is 2. The van der Waals surface area contributed by atoms with Crippen LogP contribution in [0.5, 0.6) is 0 Å². The highest BCUT2D eigenvalue weighted by molar-refractivity contribution is 5.96. The molecule has 3 rings (SSSR count). The number of carbonyl (C=O) groups is 1. The van der Waals surface area contributed by atoms with Gasteiger partial charge in [0, 0.05) is 17.3 Å². The van der Waals surface area contributed by atoms with Crippen LogP contribution in [0.3, 0.4) is 0 Å². The van der Waals surface area contributed by atoms with Gasteiger partial charge in [0.2, 0.25) is 0 Å². The number of amides is 1. The summed E-state index contributed by atoms with van der Waals surface area (Å²) in [6, 6.07) is 12.2. The maximum atomic E-state index is 13.2. The van der Waals surface area contributed by atoms with Gasteiger partial charge in [0.25, 0.3) is 11.5 Å². The minimum Gasteiger partial charge on any atom is -0.324 e. The van der Waals surface area contributed by atoms with Crippen molar-refractivity contribution in [3.8, 4) is 11.3 Å². The second-order valence-electron chi connectivity index (χ2n) is 7.07. The van der Waals surface area contributed by atoms with E-state index in [4.69, 9.17) is 0 Å². The Bertz CT molecular complexity index is 1140. The van der Waals surface area contributed by atoms with Crippen LogP contribution in [-0.2, 0) is 16.5 Å². The van der Waals surface area contributed by atoms with Gasteiger partial charge < -0.3 is 5.32 Å². The van der Waals surface area contributed by atoms with E-state index in [-0.39, 0.29) is 5.69 Å². The van der Waals surface area contributed by atoms with Gasteiger partial charge >= 0.3 is 6.18 Å². The molecule has 0 atom stereocenters. The minimum absolute atomic E-state index is 0.0642. The van der Waals surface area contributed by atoms with Crippen molar-refractivity contribution in [1.82, 2.24) is 9.78 Å². The normalized spacial score (nSPS) is 11.9. The van der Waals surface area contributed by atoms with E-state index in [2.05, 4.69) is 10.4 Å². The lowest BCUT2D eigenvalue weighted by Gasteiger charge is -2.25. The Morgan fingerprint density at radius 1 is 1.00 bits per heavy atom. The summed E-state index contributed by atoms with van der Waals surface area (Å²) in [5.74, 6) is -1.17. The van der Waals surface area contributed by atoms with Crippen molar-refractivity contribution in [2.24, 2.45) is 0 Å². The van der Waals surface area contributed by atoms with E-state index >= 15 is 0 Å². The quantitative estimate of drug-likeness (QED) is 0.636. The number of rotatable bonds is 4. The molecule has 1 N–H and O–H groups in total. The van der Waals surface area contributed by atoms with Gasteiger partial charge in [-0.25, -0.2) is 9.07 Å². The molecule has 5 nitrogen and oxygen atoms in total. The second kappa shape index (κ2) is 7.74. The molecule has 2 aromatic carbocycles. The molecule has 0 unspecified atom stereocenters. The number of aromatic nitrogens is 2. The molecule has 0 radical (unpaired) electrons. The first-order valence-corrected chi connectivity index (χ1v) is 8.84. The smallest absolute Gasteiger partial charge is 0.324 e. The lowest BCUT2D eigenvalue weighted by molar-refractivity contribution is -0.137. The van der Waals surface area contributed by atoms with Crippen LogP contribution < -0.4 is 10.9 Å². The number of carbonyl (C=O) groups excluding carboxylic acids is 1. The second-order valence-corrected chi connectivity index (χ2v) is 7.07. The molecule has 0 aliphatic heterocycles. The fourth-order valence-electron chi connectivity index (χ4n) is 2.74. The number of hydrogen-bond donors (Lipinski definition) is 1. The number of nitrogens with zero attached hydrogens (tertiary/aromatic N) is 2. The van der Waals surface area contributed by atoms with E-state index in [1.165, 1.54) is 62.4 Å². The highest BCUT2D eigenvalue weighted by Gasteiger charge is 2.34. The van der Waals surface area contributed by atoms with E-state index < -0.39 is 34.6 Å². The average molecular weight is 419 g/mol.